The first kappa shape index (κ1) is 14.9. The summed E-state index contributed by atoms with van der Waals surface area (Å²) in [5.41, 5.74) is 0. The largest absolute Gasteiger partial charge is 2.00 e. The van der Waals surface area contributed by atoms with Crippen molar-refractivity contribution in [3.8, 4) is 0 Å². The van der Waals surface area contributed by atoms with Crippen LogP contribution in [0.2, 0.25) is 0 Å². The van der Waals surface area contributed by atoms with Gasteiger partial charge in [0.25, 0.3) is 0 Å². The van der Waals surface area contributed by atoms with E-state index >= 15 is 0 Å². The first-order valence-corrected chi connectivity index (χ1v) is 3.29. The predicted octanol–water partition coefficient (Wildman–Crippen LogP) is -4.22. The average molecular weight is 239 g/mol. The Morgan fingerprint density at radius 1 is 1.15 bits per heavy atom. The van der Waals surface area contributed by atoms with Crippen LogP contribution >= 0.6 is 0 Å². The average Bonchev–Trinajstić information content (AvgIpc) is 1.84. The molecule has 0 aromatic carbocycles. The van der Waals surface area contributed by atoms with Crippen molar-refractivity contribution in [1.29, 1.82) is 0 Å². The van der Waals surface area contributed by atoms with Crippen LogP contribution < -0.4 is 10.2 Å². The van der Waals surface area contributed by atoms with Gasteiger partial charge in [-0.15, -0.1) is 0 Å². The molecular formula is C6H9CuNO5. The van der Waals surface area contributed by atoms with Gasteiger partial charge in [0.1, 0.15) is 0 Å². The summed E-state index contributed by atoms with van der Waals surface area (Å²) < 4.78 is 0. The number of aliphatic hydroxyl groups excluding tert-OH is 1. The molecule has 0 spiro atoms. The monoisotopic (exact) mass is 238 g/mol. The predicted molar refractivity (Wildman–Crippen MR) is 33.5 cm³/mol. The van der Waals surface area contributed by atoms with Crippen LogP contribution in [0, 0.1) is 0 Å². The number of aliphatic hydroxyl groups is 1. The number of carbonyl (C=O) groups is 2. The van der Waals surface area contributed by atoms with Gasteiger partial charge in [0.05, 0.1) is 18.5 Å². The molecule has 1 radical (unpaired) electrons. The first-order chi connectivity index (χ1) is 5.56. The molecule has 0 amide bonds. The summed E-state index contributed by atoms with van der Waals surface area (Å²) >= 11 is 0. The van der Waals surface area contributed by atoms with Crippen LogP contribution in [0.1, 0.15) is 0 Å². The molecule has 0 aliphatic rings. The van der Waals surface area contributed by atoms with Crippen LogP contribution in [-0.2, 0) is 26.7 Å². The number of carbonyl (C=O) groups excluding carboxylic acids is 2. The molecular weight excluding hydrogens is 230 g/mol. The van der Waals surface area contributed by atoms with Crippen molar-refractivity contribution < 1.29 is 42.0 Å². The molecule has 0 fully saturated rings. The minimum atomic E-state index is -1.38. The molecule has 0 aliphatic heterocycles. The van der Waals surface area contributed by atoms with Crippen molar-refractivity contribution >= 4 is 11.9 Å². The fourth-order valence-corrected chi connectivity index (χ4v) is 0.721. The van der Waals surface area contributed by atoms with Gasteiger partial charge in [0.2, 0.25) is 0 Å². The standard InChI is InChI=1S/C6H11NO5.Cu/c8-2-1-7(3-5(9)10)4-6(11)12;/h8H,1-4H2,(H,9,10)(H,11,12);/q;+2/p-2. The molecule has 13 heavy (non-hydrogen) atoms. The molecule has 0 rings (SSSR count). The molecule has 1 N–H and O–H groups in total. The summed E-state index contributed by atoms with van der Waals surface area (Å²) in [6.07, 6.45) is 0. The van der Waals surface area contributed by atoms with Crippen molar-refractivity contribution in [2.45, 2.75) is 0 Å². The Balaban J connectivity index is 0. The van der Waals surface area contributed by atoms with Crippen LogP contribution in [0.25, 0.3) is 0 Å². The van der Waals surface area contributed by atoms with Crippen molar-refractivity contribution in [3.05, 3.63) is 0 Å². The number of rotatable bonds is 6. The molecule has 0 saturated carbocycles. The van der Waals surface area contributed by atoms with E-state index in [1.807, 2.05) is 0 Å². The molecule has 0 heterocycles. The molecule has 0 atom stereocenters. The molecule has 0 bridgehead atoms. The van der Waals surface area contributed by atoms with Crippen LogP contribution in [0.5, 0.6) is 0 Å². The third kappa shape index (κ3) is 9.29. The zero-order valence-corrected chi connectivity index (χ0v) is 7.60. The maximum atomic E-state index is 10.0. The fraction of sp³-hybridized carbons (Fsp3) is 0.667. The van der Waals surface area contributed by atoms with Gasteiger partial charge < -0.3 is 24.9 Å². The van der Waals surface area contributed by atoms with E-state index in [0.717, 1.165) is 4.90 Å². The van der Waals surface area contributed by atoms with Crippen molar-refractivity contribution in [3.63, 3.8) is 0 Å². The molecule has 7 heteroatoms. The second-order valence-corrected chi connectivity index (χ2v) is 2.18. The van der Waals surface area contributed by atoms with E-state index in [0.29, 0.717) is 0 Å². The van der Waals surface area contributed by atoms with E-state index in [1.54, 1.807) is 0 Å². The smallest absolute Gasteiger partial charge is 0.549 e. The quantitative estimate of drug-likeness (QED) is 0.471. The summed E-state index contributed by atoms with van der Waals surface area (Å²) in [5, 5.41) is 28.4. The first-order valence-electron chi connectivity index (χ1n) is 3.29. The third-order valence-corrected chi connectivity index (χ3v) is 1.12. The van der Waals surface area contributed by atoms with Gasteiger partial charge in [0, 0.05) is 19.6 Å². The summed E-state index contributed by atoms with van der Waals surface area (Å²) in [6, 6.07) is 0. The molecule has 0 saturated heterocycles. The second kappa shape index (κ2) is 8.00. The Hall–Kier alpha value is -0.621. The SMILES string of the molecule is O=C([O-])CN(CCO)CC(=O)[O-].[Cu+2]. The summed E-state index contributed by atoms with van der Waals surface area (Å²) in [5.74, 6) is -2.77. The van der Waals surface area contributed by atoms with Gasteiger partial charge in [-0.3, -0.25) is 4.90 Å². The summed E-state index contributed by atoms with van der Waals surface area (Å²) in [6.45, 7) is -1.37. The van der Waals surface area contributed by atoms with Crippen LogP contribution in [0.3, 0.4) is 0 Å². The van der Waals surface area contributed by atoms with E-state index in [9.17, 15) is 19.8 Å². The van der Waals surface area contributed by atoms with Crippen molar-refractivity contribution in [2.24, 2.45) is 0 Å². The van der Waals surface area contributed by atoms with E-state index in [-0.39, 0.29) is 30.2 Å². The Morgan fingerprint density at radius 3 is 1.77 bits per heavy atom. The van der Waals surface area contributed by atoms with Gasteiger partial charge in [-0.05, 0) is 0 Å². The van der Waals surface area contributed by atoms with Gasteiger partial charge in [0.15, 0.2) is 0 Å². The molecule has 0 aromatic rings. The Kier molecular flexibility index (Phi) is 9.16. The van der Waals surface area contributed by atoms with E-state index in [1.165, 1.54) is 0 Å². The Bertz CT molecular complexity index is 158. The molecule has 6 nitrogen and oxygen atoms in total. The summed E-state index contributed by atoms with van der Waals surface area (Å²) in [7, 11) is 0. The zero-order chi connectivity index (χ0) is 9.56. The Labute approximate surface area is 85.6 Å². The summed E-state index contributed by atoms with van der Waals surface area (Å²) in [4.78, 5) is 21.0. The van der Waals surface area contributed by atoms with Crippen LogP contribution in [-0.4, -0.2) is 48.2 Å². The second-order valence-electron chi connectivity index (χ2n) is 2.18. The number of carboxylic acid groups (broad SMARTS) is 2. The number of aliphatic carboxylic acids is 2. The normalized spacial score (nSPS) is 9.38. The topological polar surface area (TPSA) is 104 Å². The van der Waals surface area contributed by atoms with Crippen molar-refractivity contribution in [1.82, 2.24) is 4.90 Å². The minimum absolute atomic E-state index is 0. The van der Waals surface area contributed by atoms with Gasteiger partial charge in [-0.1, -0.05) is 0 Å². The third-order valence-electron chi connectivity index (χ3n) is 1.12. The number of hydrogen-bond acceptors (Lipinski definition) is 6. The van der Waals surface area contributed by atoms with E-state index in [4.69, 9.17) is 5.11 Å². The molecule has 79 valence electrons. The molecule has 0 unspecified atom stereocenters. The van der Waals surface area contributed by atoms with Crippen molar-refractivity contribution in [2.75, 3.05) is 26.2 Å². The Morgan fingerprint density at radius 2 is 1.54 bits per heavy atom. The van der Waals surface area contributed by atoms with Crippen LogP contribution in [0.15, 0.2) is 0 Å². The number of nitrogens with zero attached hydrogens (tertiary/aromatic N) is 1. The number of hydrogen-bond donors (Lipinski definition) is 1. The maximum Gasteiger partial charge on any atom is 2.00 e. The zero-order valence-electron chi connectivity index (χ0n) is 6.66. The van der Waals surface area contributed by atoms with Gasteiger partial charge in [-0.2, -0.15) is 0 Å². The minimum Gasteiger partial charge on any atom is -0.549 e. The van der Waals surface area contributed by atoms with E-state index in [2.05, 4.69) is 0 Å². The maximum absolute atomic E-state index is 10.0. The molecule has 0 aliphatic carbocycles. The van der Waals surface area contributed by atoms with Gasteiger partial charge in [-0.25, -0.2) is 0 Å². The van der Waals surface area contributed by atoms with Crippen LogP contribution in [0.4, 0.5) is 0 Å². The van der Waals surface area contributed by atoms with Gasteiger partial charge >= 0.3 is 17.1 Å². The van der Waals surface area contributed by atoms with E-state index < -0.39 is 25.0 Å². The molecule has 0 aromatic heterocycles. The number of carboxylic acids is 2. The fourth-order valence-electron chi connectivity index (χ4n) is 0.721.